The van der Waals surface area contributed by atoms with E-state index in [-0.39, 0.29) is 11.0 Å². The van der Waals surface area contributed by atoms with Gasteiger partial charge in [0.05, 0.1) is 0 Å². The second kappa shape index (κ2) is 4.44. The average Bonchev–Trinajstić information content (AvgIpc) is 2.58. The van der Waals surface area contributed by atoms with Gasteiger partial charge in [-0.3, -0.25) is 0 Å². The Kier molecular flexibility index (Phi) is 3.08. The van der Waals surface area contributed by atoms with Gasteiger partial charge in [-0.25, -0.2) is 0 Å². The van der Waals surface area contributed by atoms with Gasteiger partial charge in [-0.2, -0.15) is 10.5 Å². The molecule has 1 unspecified atom stereocenters. The van der Waals surface area contributed by atoms with Crippen molar-refractivity contribution >= 4 is 11.8 Å². The van der Waals surface area contributed by atoms with Gasteiger partial charge >= 0.3 is 0 Å². The van der Waals surface area contributed by atoms with Crippen molar-refractivity contribution in [3.05, 3.63) is 34.9 Å². The fraction of sp³-hybridized carbons (Fsp3) is 0.375. The molecule has 3 nitrogen and oxygen atoms in total. The van der Waals surface area contributed by atoms with Crippen molar-refractivity contribution in [2.75, 3.05) is 11.9 Å². The van der Waals surface area contributed by atoms with Crippen LogP contribution in [-0.4, -0.2) is 13.1 Å². The Hall–Kier alpha value is -2.26. The van der Waals surface area contributed by atoms with Gasteiger partial charge in [-0.15, -0.1) is 0 Å². The molecule has 0 amide bonds. The molecule has 1 aromatic rings. The van der Waals surface area contributed by atoms with Gasteiger partial charge in [-0.05, 0) is 36.3 Å². The largest absolute Gasteiger partial charge is 0.371 e. The van der Waals surface area contributed by atoms with Crippen LogP contribution in [-0.2, 0) is 5.41 Å². The minimum Gasteiger partial charge on any atom is -0.371 e. The molecule has 0 N–H and O–H groups in total. The molecule has 0 saturated heterocycles. The lowest BCUT2D eigenvalue weighted by molar-refractivity contribution is 0.454. The third kappa shape index (κ3) is 1.98. The number of nitriles is 2. The Bertz CT molecular complexity index is 610. The highest BCUT2D eigenvalue weighted by atomic mass is 15.2. The van der Waals surface area contributed by atoms with E-state index in [1.807, 2.05) is 18.2 Å². The topological polar surface area (TPSA) is 50.8 Å². The van der Waals surface area contributed by atoms with Crippen molar-refractivity contribution in [2.45, 2.75) is 32.2 Å². The summed E-state index contributed by atoms with van der Waals surface area (Å²) in [5.74, 6) is 0. The first-order chi connectivity index (χ1) is 8.91. The molecular formula is C16H17N3. The number of likely N-dealkylation sites (N-methyl/N-ethyl adjacent to an activating group) is 1. The maximum absolute atomic E-state index is 8.82. The summed E-state index contributed by atoms with van der Waals surface area (Å²) in [5, 5.41) is 17.6. The highest BCUT2D eigenvalue weighted by Gasteiger charge is 2.39. The molecule has 3 heteroatoms. The summed E-state index contributed by atoms with van der Waals surface area (Å²) in [5.41, 5.74) is 3.61. The first-order valence-electron chi connectivity index (χ1n) is 6.31. The summed E-state index contributed by atoms with van der Waals surface area (Å²) < 4.78 is 0. The molecule has 0 saturated carbocycles. The Morgan fingerprint density at radius 2 is 1.95 bits per heavy atom. The second-order valence-corrected chi connectivity index (χ2v) is 5.57. The first-order valence-corrected chi connectivity index (χ1v) is 6.31. The van der Waals surface area contributed by atoms with Crippen LogP contribution in [0.1, 0.15) is 31.9 Å². The van der Waals surface area contributed by atoms with Crippen molar-refractivity contribution in [1.29, 1.82) is 10.5 Å². The maximum Gasteiger partial charge on any atom is 0.130 e. The lowest BCUT2D eigenvalue weighted by Crippen LogP contribution is -2.36. The predicted octanol–water partition coefficient (Wildman–Crippen LogP) is 3.23. The third-order valence-corrected chi connectivity index (χ3v) is 4.27. The minimum absolute atomic E-state index is 0.0629. The summed E-state index contributed by atoms with van der Waals surface area (Å²) in [4.78, 5) is 2.28. The van der Waals surface area contributed by atoms with Crippen LogP contribution >= 0.6 is 0 Å². The second-order valence-electron chi connectivity index (χ2n) is 5.57. The molecule has 19 heavy (non-hydrogen) atoms. The lowest BCUT2D eigenvalue weighted by atomic mass is 9.81. The standard InChI is InChI=1S/C16H17N3/c1-11-16(2,3)14-8-12(7-13(9-17)10-18)5-6-15(14)19(11)4/h5-8,11H,1-4H3. The Morgan fingerprint density at radius 3 is 2.53 bits per heavy atom. The average molecular weight is 251 g/mol. The fourth-order valence-corrected chi connectivity index (χ4v) is 2.64. The van der Waals surface area contributed by atoms with Crippen LogP contribution in [0.4, 0.5) is 5.69 Å². The molecule has 1 aliphatic rings. The van der Waals surface area contributed by atoms with E-state index in [2.05, 4.69) is 44.9 Å². The third-order valence-electron chi connectivity index (χ3n) is 4.27. The Labute approximate surface area is 114 Å². The molecular weight excluding hydrogens is 234 g/mol. The summed E-state index contributed by atoms with van der Waals surface area (Å²) in [6.07, 6.45) is 1.64. The highest BCUT2D eigenvalue weighted by Crippen LogP contribution is 2.44. The van der Waals surface area contributed by atoms with E-state index in [0.29, 0.717) is 6.04 Å². The number of nitrogens with zero attached hydrogens (tertiary/aromatic N) is 3. The van der Waals surface area contributed by atoms with Crippen molar-refractivity contribution in [2.24, 2.45) is 0 Å². The molecule has 0 aromatic heterocycles. The summed E-state index contributed by atoms with van der Waals surface area (Å²) in [6, 6.07) is 10.3. The molecule has 1 aromatic carbocycles. The van der Waals surface area contributed by atoms with E-state index >= 15 is 0 Å². The van der Waals surface area contributed by atoms with Crippen LogP contribution in [0.5, 0.6) is 0 Å². The molecule has 1 aliphatic heterocycles. The summed E-state index contributed by atoms with van der Waals surface area (Å²) >= 11 is 0. The maximum atomic E-state index is 8.82. The number of anilines is 1. The van der Waals surface area contributed by atoms with E-state index in [0.717, 1.165) is 5.56 Å². The molecule has 96 valence electrons. The lowest BCUT2D eigenvalue weighted by Gasteiger charge is -2.28. The van der Waals surface area contributed by atoms with E-state index in [1.165, 1.54) is 11.3 Å². The molecule has 2 rings (SSSR count). The monoisotopic (exact) mass is 251 g/mol. The van der Waals surface area contributed by atoms with Crippen molar-refractivity contribution in [3.8, 4) is 12.1 Å². The van der Waals surface area contributed by atoms with Crippen LogP contribution < -0.4 is 4.90 Å². The molecule has 0 radical (unpaired) electrons. The van der Waals surface area contributed by atoms with Gasteiger partial charge in [0, 0.05) is 24.2 Å². The molecule has 1 atom stereocenters. The van der Waals surface area contributed by atoms with Crippen LogP contribution in [0.15, 0.2) is 23.8 Å². The minimum atomic E-state index is 0.0629. The number of rotatable bonds is 1. The van der Waals surface area contributed by atoms with Crippen LogP contribution in [0.25, 0.3) is 6.08 Å². The first kappa shape index (κ1) is 13.2. The Morgan fingerprint density at radius 1 is 1.32 bits per heavy atom. The fourth-order valence-electron chi connectivity index (χ4n) is 2.64. The van der Waals surface area contributed by atoms with Gasteiger partial charge in [0.1, 0.15) is 17.7 Å². The zero-order chi connectivity index (χ0) is 14.2. The van der Waals surface area contributed by atoms with E-state index in [1.54, 1.807) is 6.08 Å². The van der Waals surface area contributed by atoms with Crippen molar-refractivity contribution in [3.63, 3.8) is 0 Å². The van der Waals surface area contributed by atoms with Gasteiger partial charge in [0.15, 0.2) is 0 Å². The molecule has 0 bridgehead atoms. The molecule has 0 spiro atoms. The van der Waals surface area contributed by atoms with Crippen molar-refractivity contribution < 1.29 is 0 Å². The normalized spacial score (nSPS) is 19.3. The van der Waals surface area contributed by atoms with Crippen LogP contribution in [0.2, 0.25) is 0 Å². The predicted molar refractivity (Wildman–Crippen MR) is 76.5 cm³/mol. The zero-order valence-corrected chi connectivity index (χ0v) is 11.7. The molecule has 1 heterocycles. The van der Waals surface area contributed by atoms with E-state index < -0.39 is 0 Å². The molecule has 0 fully saturated rings. The van der Waals surface area contributed by atoms with Gasteiger partial charge in [0.25, 0.3) is 0 Å². The Balaban J connectivity index is 2.54. The van der Waals surface area contributed by atoms with Gasteiger partial charge in [0.2, 0.25) is 0 Å². The van der Waals surface area contributed by atoms with E-state index in [4.69, 9.17) is 10.5 Å². The van der Waals surface area contributed by atoms with Crippen molar-refractivity contribution in [1.82, 2.24) is 0 Å². The SMILES string of the molecule is CC1N(C)c2ccc(C=C(C#N)C#N)cc2C1(C)C. The number of hydrogen-bond donors (Lipinski definition) is 0. The van der Waals surface area contributed by atoms with Crippen LogP contribution in [0.3, 0.4) is 0 Å². The highest BCUT2D eigenvalue weighted by molar-refractivity contribution is 5.70. The number of hydrogen-bond acceptors (Lipinski definition) is 3. The zero-order valence-electron chi connectivity index (χ0n) is 11.7. The van der Waals surface area contributed by atoms with Gasteiger partial charge in [-0.1, -0.05) is 19.9 Å². The van der Waals surface area contributed by atoms with Crippen LogP contribution in [0, 0.1) is 22.7 Å². The number of allylic oxidation sites excluding steroid dienone is 1. The summed E-state index contributed by atoms with van der Waals surface area (Å²) in [7, 11) is 2.10. The quantitative estimate of drug-likeness (QED) is 0.720. The number of benzene rings is 1. The van der Waals surface area contributed by atoms with E-state index in [9.17, 15) is 0 Å². The number of fused-ring (bicyclic) bond motifs is 1. The van der Waals surface area contributed by atoms with Gasteiger partial charge < -0.3 is 4.90 Å². The summed E-state index contributed by atoms with van der Waals surface area (Å²) in [6.45, 7) is 6.66. The smallest absolute Gasteiger partial charge is 0.130 e. The molecule has 0 aliphatic carbocycles.